The van der Waals surface area contributed by atoms with E-state index in [-0.39, 0.29) is 11.6 Å². The Morgan fingerprint density at radius 1 is 1.36 bits per heavy atom. The second-order valence-electron chi connectivity index (χ2n) is 6.68. The van der Waals surface area contributed by atoms with Crippen molar-refractivity contribution in [3.05, 3.63) is 57.4 Å². The maximum absolute atomic E-state index is 12.5. The van der Waals surface area contributed by atoms with E-state index < -0.39 is 10.5 Å². The number of amides is 1. The molecule has 0 unspecified atom stereocenters. The third kappa shape index (κ3) is 4.39. The van der Waals surface area contributed by atoms with E-state index in [2.05, 4.69) is 20.4 Å². The van der Waals surface area contributed by atoms with E-state index in [9.17, 15) is 14.9 Å². The third-order valence-electron chi connectivity index (χ3n) is 4.29. The first kappa shape index (κ1) is 19.6. The van der Waals surface area contributed by atoms with E-state index in [4.69, 9.17) is 0 Å². The molecule has 0 aromatic carbocycles. The first-order valence-corrected chi connectivity index (χ1v) is 9.58. The number of nitrogens with one attached hydrogen (secondary N) is 1. The van der Waals surface area contributed by atoms with Crippen LogP contribution in [0, 0.1) is 10.1 Å². The van der Waals surface area contributed by atoms with Gasteiger partial charge in [0.1, 0.15) is 17.9 Å². The Morgan fingerprint density at radius 2 is 2.11 bits per heavy atom. The molecule has 0 saturated heterocycles. The fraction of sp³-hybridized carbons (Fsp3) is 0.333. The zero-order valence-corrected chi connectivity index (χ0v) is 16.3. The van der Waals surface area contributed by atoms with Crippen LogP contribution in [0.15, 0.2) is 42.3 Å². The van der Waals surface area contributed by atoms with Crippen molar-refractivity contribution in [1.29, 1.82) is 0 Å². The standard InChI is InChI=1S/C18H20N6O3S/c1-18(2,23-11-14(10-21-23)24(26)27)17(25)20-7-3-4-16-22-15(12-28-16)13-5-8-19-9-6-13/h5-6,8-12H,3-4,7H2,1-2H3,(H,20,25). The van der Waals surface area contributed by atoms with Gasteiger partial charge in [0.2, 0.25) is 5.91 Å². The number of hydrogen-bond acceptors (Lipinski definition) is 7. The van der Waals surface area contributed by atoms with Crippen LogP contribution < -0.4 is 5.32 Å². The molecule has 0 atom stereocenters. The van der Waals surface area contributed by atoms with Gasteiger partial charge in [-0.05, 0) is 32.4 Å². The van der Waals surface area contributed by atoms with Crippen LogP contribution in [-0.2, 0) is 16.8 Å². The minimum Gasteiger partial charge on any atom is -0.354 e. The lowest BCUT2D eigenvalue weighted by Crippen LogP contribution is -2.45. The summed E-state index contributed by atoms with van der Waals surface area (Å²) in [6.45, 7) is 3.82. The van der Waals surface area contributed by atoms with Crippen LogP contribution in [-0.4, -0.2) is 37.1 Å². The van der Waals surface area contributed by atoms with Crippen molar-refractivity contribution in [2.24, 2.45) is 0 Å². The van der Waals surface area contributed by atoms with Crippen molar-refractivity contribution >= 4 is 22.9 Å². The summed E-state index contributed by atoms with van der Waals surface area (Å²) in [4.78, 5) is 31.4. The molecule has 0 aliphatic carbocycles. The molecule has 3 aromatic rings. The van der Waals surface area contributed by atoms with E-state index >= 15 is 0 Å². The van der Waals surface area contributed by atoms with Crippen LogP contribution in [0.3, 0.4) is 0 Å². The van der Waals surface area contributed by atoms with Gasteiger partial charge in [-0.2, -0.15) is 5.10 Å². The summed E-state index contributed by atoms with van der Waals surface area (Å²) in [7, 11) is 0. The van der Waals surface area contributed by atoms with Crippen LogP contribution in [0.1, 0.15) is 25.3 Å². The lowest BCUT2D eigenvalue weighted by Gasteiger charge is -2.23. The normalized spacial score (nSPS) is 11.4. The lowest BCUT2D eigenvalue weighted by atomic mass is 10.1. The fourth-order valence-corrected chi connectivity index (χ4v) is 3.41. The number of nitrogens with zero attached hydrogens (tertiary/aromatic N) is 5. The average molecular weight is 400 g/mol. The number of nitro groups is 1. The number of carbonyl (C=O) groups excluding carboxylic acids is 1. The predicted octanol–water partition coefficient (Wildman–Crippen LogP) is 2.79. The first-order chi connectivity index (χ1) is 13.4. The molecule has 0 bridgehead atoms. The summed E-state index contributed by atoms with van der Waals surface area (Å²) in [6, 6.07) is 3.83. The van der Waals surface area contributed by atoms with Gasteiger partial charge in [-0.3, -0.25) is 24.6 Å². The van der Waals surface area contributed by atoms with Gasteiger partial charge in [0.15, 0.2) is 0 Å². The maximum Gasteiger partial charge on any atom is 0.307 e. The molecule has 146 valence electrons. The highest BCUT2D eigenvalue weighted by Crippen LogP contribution is 2.22. The summed E-state index contributed by atoms with van der Waals surface area (Å²) in [5.74, 6) is -0.248. The van der Waals surface area contributed by atoms with E-state index in [0.29, 0.717) is 6.54 Å². The quantitative estimate of drug-likeness (QED) is 0.353. The molecule has 28 heavy (non-hydrogen) atoms. The Hall–Kier alpha value is -3.14. The Bertz CT molecular complexity index is 967. The summed E-state index contributed by atoms with van der Waals surface area (Å²) in [5, 5.41) is 20.6. The summed E-state index contributed by atoms with van der Waals surface area (Å²) in [6.07, 6.45) is 7.36. The van der Waals surface area contributed by atoms with Crippen molar-refractivity contribution in [2.75, 3.05) is 6.54 Å². The highest BCUT2D eigenvalue weighted by Gasteiger charge is 2.31. The maximum atomic E-state index is 12.5. The first-order valence-electron chi connectivity index (χ1n) is 8.70. The molecule has 0 radical (unpaired) electrons. The van der Waals surface area contributed by atoms with Crippen molar-refractivity contribution in [1.82, 2.24) is 25.1 Å². The molecule has 0 spiro atoms. The Morgan fingerprint density at radius 3 is 2.79 bits per heavy atom. The molecule has 0 fully saturated rings. The van der Waals surface area contributed by atoms with Crippen molar-refractivity contribution in [3.8, 4) is 11.3 Å². The number of rotatable bonds is 8. The van der Waals surface area contributed by atoms with E-state index in [1.807, 2.05) is 17.5 Å². The molecule has 3 rings (SSSR count). The monoisotopic (exact) mass is 400 g/mol. The molecule has 0 aliphatic rings. The number of carbonyl (C=O) groups is 1. The third-order valence-corrected chi connectivity index (χ3v) is 5.20. The van der Waals surface area contributed by atoms with Gasteiger partial charge in [0.25, 0.3) is 0 Å². The summed E-state index contributed by atoms with van der Waals surface area (Å²) < 4.78 is 1.31. The fourth-order valence-electron chi connectivity index (χ4n) is 2.56. The Balaban J connectivity index is 1.50. The molecule has 0 saturated carbocycles. The van der Waals surface area contributed by atoms with Crippen LogP contribution >= 0.6 is 11.3 Å². The number of aryl methyl sites for hydroxylation is 1. The van der Waals surface area contributed by atoms with Crippen molar-refractivity contribution < 1.29 is 9.72 Å². The van der Waals surface area contributed by atoms with Crippen LogP contribution in [0.25, 0.3) is 11.3 Å². The van der Waals surface area contributed by atoms with Gasteiger partial charge >= 0.3 is 5.69 Å². The van der Waals surface area contributed by atoms with Crippen molar-refractivity contribution in [2.45, 2.75) is 32.2 Å². The smallest absolute Gasteiger partial charge is 0.307 e. The largest absolute Gasteiger partial charge is 0.354 e. The Labute approximate surface area is 165 Å². The number of hydrogen-bond donors (Lipinski definition) is 1. The van der Waals surface area contributed by atoms with Gasteiger partial charge in [0.05, 0.1) is 15.6 Å². The van der Waals surface area contributed by atoms with Gasteiger partial charge in [-0.1, -0.05) is 0 Å². The molecule has 3 heterocycles. The highest BCUT2D eigenvalue weighted by molar-refractivity contribution is 7.09. The van der Waals surface area contributed by atoms with Gasteiger partial charge in [0, 0.05) is 36.3 Å². The average Bonchev–Trinajstić information content (AvgIpc) is 3.36. The molecular weight excluding hydrogens is 380 g/mol. The van der Waals surface area contributed by atoms with Crippen LogP contribution in [0.4, 0.5) is 5.69 Å². The highest BCUT2D eigenvalue weighted by atomic mass is 32.1. The zero-order valence-electron chi connectivity index (χ0n) is 15.5. The number of thiazole rings is 1. The van der Waals surface area contributed by atoms with E-state index in [1.165, 1.54) is 10.9 Å². The molecule has 9 nitrogen and oxygen atoms in total. The second kappa shape index (κ2) is 8.26. The van der Waals surface area contributed by atoms with Gasteiger partial charge in [-0.15, -0.1) is 11.3 Å². The predicted molar refractivity (Wildman–Crippen MR) is 105 cm³/mol. The Kier molecular flexibility index (Phi) is 5.78. The number of aromatic nitrogens is 4. The summed E-state index contributed by atoms with van der Waals surface area (Å²) >= 11 is 1.59. The summed E-state index contributed by atoms with van der Waals surface area (Å²) in [5.41, 5.74) is 0.785. The molecular formula is C18H20N6O3S. The topological polar surface area (TPSA) is 116 Å². The molecule has 10 heteroatoms. The molecule has 1 amide bonds. The molecule has 3 aromatic heterocycles. The van der Waals surface area contributed by atoms with Gasteiger partial charge in [-0.25, -0.2) is 4.98 Å². The molecule has 1 N–H and O–H groups in total. The van der Waals surface area contributed by atoms with Crippen LogP contribution in [0.2, 0.25) is 0 Å². The minimum absolute atomic E-state index is 0.144. The lowest BCUT2D eigenvalue weighted by molar-refractivity contribution is -0.385. The van der Waals surface area contributed by atoms with Gasteiger partial charge < -0.3 is 5.32 Å². The van der Waals surface area contributed by atoms with E-state index in [0.717, 1.165) is 35.3 Å². The second-order valence-corrected chi connectivity index (χ2v) is 7.62. The van der Waals surface area contributed by atoms with Crippen molar-refractivity contribution in [3.63, 3.8) is 0 Å². The zero-order chi connectivity index (χ0) is 20.1. The minimum atomic E-state index is -1.02. The molecule has 0 aliphatic heterocycles. The SMILES string of the molecule is CC(C)(C(=O)NCCCc1nc(-c2ccncc2)cs1)n1cc([N+](=O)[O-])cn1. The van der Waals surface area contributed by atoms with Crippen LogP contribution in [0.5, 0.6) is 0 Å². The number of pyridine rings is 1. The van der Waals surface area contributed by atoms with E-state index in [1.54, 1.807) is 37.6 Å².